The lowest BCUT2D eigenvalue weighted by molar-refractivity contribution is -0.143. The minimum Gasteiger partial charge on any atom is -0.468 e. The fourth-order valence-corrected chi connectivity index (χ4v) is 2.73. The van der Waals surface area contributed by atoms with Crippen LogP contribution in [0.3, 0.4) is 0 Å². The van der Waals surface area contributed by atoms with Crippen LogP contribution in [-0.4, -0.2) is 39.0 Å². The van der Waals surface area contributed by atoms with Crippen LogP contribution in [0, 0.1) is 5.92 Å². The minimum atomic E-state index is -0.556. The van der Waals surface area contributed by atoms with Gasteiger partial charge in [-0.3, -0.25) is 4.79 Å². The number of carbonyl (C=O) groups excluding carboxylic acids is 1. The van der Waals surface area contributed by atoms with E-state index < -0.39 is 6.04 Å². The molecule has 1 aromatic carbocycles. The first kappa shape index (κ1) is 13.1. The number of esters is 1. The van der Waals surface area contributed by atoms with E-state index in [2.05, 4.69) is 4.90 Å². The van der Waals surface area contributed by atoms with E-state index in [0.717, 1.165) is 36.7 Å². The zero-order valence-corrected chi connectivity index (χ0v) is 11.4. The van der Waals surface area contributed by atoms with Gasteiger partial charge in [-0.25, -0.2) is 0 Å². The number of hydrogen-bond acceptors (Lipinski definition) is 6. The molecule has 2 aliphatic rings. The Bertz CT molecular complexity index is 520. The number of methoxy groups -OCH3 is 1. The van der Waals surface area contributed by atoms with Crippen LogP contribution in [0.4, 0.5) is 5.69 Å². The van der Waals surface area contributed by atoms with Crippen molar-refractivity contribution in [2.75, 3.05) is 31.9 Å². The van der Waals surface area contributed by atoms with Gasteiger partial charge in [0.15, 0.2) is 11.5 Å². The van der Waals surface area contributed by atoms with E-state index in [1.807, 2.05) is 18.2 Å². The Morgan fingerprint density at radius 3 is 3.05 bits per heavy atom. The molecule has 6 heteroatoms. The number of ether oxygens (including phenoxy) is 3. The summed E-state index contributed by atoms with van der Waals surface area (Å²) in [5, 5.41) is 0. The zero-order valence-electron chi connectivity index (χ0n) is 11.4. The molecule has 2 aliphatic heterocycles. The van der Waals surface area contributed by atoms with Gasteiger partial charge in [0, 0.05) is 30.8 Å². The van der Waals surface area contributed by atoms with Crippen molar-refractivity contribution in [1.82, 2.24) is 0 Å². The number of rotatable bonds is 3. The molecule has 0 aliphatic carbocycles. The number of carbonyl (C=O) groups is 1. The maximum absolute atomic E-state index is 11.5. The van der Waals surface area contributed by atoms with E-state index in [4.69, 9.17) is 19.9 Å². The summed E-state index contributed by atoms with van der Waals surface area (Å²) in [7, 11) is 1.37. The SMILES string of the molecule is COC(=O)C(N)C1CCN(c2ccc3c(c2)OCO3)C1. The number of benzene rings is 1. The zero-order chi connectivity index (χ0) is 14.1. The van der Waals surface area contributed by atoms with Crippen molar-refractivity contribution >= 4 is 11.7 Å². The number of hydrogen-bond donors (Lipinski definition) is 1. The van der Waals surface area contributed by atoms with Gasteiger partial charge >= 0.3 is 5.97 Å². The average Bonchev–Trinajstić information content (AvgIpc) is 3.13. The summed E-state index contributed by atoms with van der Waals surface area (Å²) in [6, 6.07) is 5.32. The molecule has 108 valence electrons. The van der Waals surface area contributed by atoms with Gasteiger partial charge in [-0.15, -0.1) is 0 Å². The van der Waals surface area contributed by atoms with Crippen LogP contribution in [0.5, 0.6) is 11.5 Å². The van der Waals surface area contributed by atoms with Crippen molar-refractivity contribution in [2.45, 2.75) is 12.5 Å². The summed E-state index contributed by atoms with van der Waals surface area (Å²) in [6.45, 7) is 1.89. The van der Waals surface area contributed by atoms with Gasteiger partial charge in [-0.1, -0.05) is 0 Å². The second kappa shape index (κ2) is 5.20. The highest BCUT2D eigenvalue weighted by Gasteiger charge is 2.32. The highest BCUT2D eigenvalue weighted by atomic mass is 16.7. The van der Waals surface area contributed by atoms with Gasteiger partial charge in [0.25, 0.3) is 0 Å². The molecule has 1 saturated heterocycles. The third-order valence-corrected chi connectivity index (χ3v) is 3.93. The molecule has 3 rings (SSSR count). The Kier molecular flexibility index (Phi) is 3.40. The van der Waals surface area contributed by atoms with Crippen LogP contribution in [0.2, 0.25) is 0 Å². The van der Waals surface area contributed by atoms with Crippen molar-refractivity contribution in [1.29, 1.82) is 0 Å². The highest BCUT2D eigenvalue weighted by molar-refractivity contribution is 5.76. The van der Waals surface area contributed by atoms with Crippen molar-refractivity contribution < 1.29 is 19.0 Å². The second-order valence-corrected chi connectivity index (χ2v) is 5.08. The van der Waals surface area contributed by atoms with Crippen molar-refractivity contribution in [2.24, 2.45) is 11.7 Å². The van der Waals surface area contributed by atoms with Crippen molar-refractivity contribution in [3.8, 4) is 11.5 Å². The molecule has 1 aromatic rings. The summed E-state index contributed by atoms with van der Waals surface area (Å²) in [5.41, 5.74) is 6.98. The number of nitrogens with two attached hydrogens (primary N) is 1. The molecule has 2 unspecified atom stereocenters. The third kappa shape index (κ3) is 2.27. The highest BCUT2D eigenvalue weighted by Crippen LogP contribution is 2.37. The van der Waals surface area contributed by atoms with Crippen LogP contribution in [0.25, 0.3) is 0 Å². The summed E-state index contributed by atoms with van der Waals surface area (Å²) in [6.07, 6.45) is 0.880. The Morgan fingerprint density at radius 1 is 1.45 bits per heavy atom. The molecular weight excluding hydrogens is 260 g/mol. The van der Waals surface area contributed by atoms with Gasteiger partial charge in [-0.05, 0) is 18.6 Å². The molecule has 0 bridgehead atoms. The van der Waals surface area contributed by atoms with Gasteiger partial charge in [0.05, 0.1) is 7.11 Å². The fraction of sp³-hybridized carbons (Fsp3) is 0.500. The Morgan fingerprint density at radius 2 is 2.25 bits per heavy atom. The number of fused-ring (bicyclic) bond motifs is 1. The molecule has 2 heterocycles. The van der Waals surface area contributed by atoms with Crippen LogP contribution >= 0.6 is 0 Å². The molecule has 0 aromatic heterocycles. The number of anilines is 1. The predicted molar refractivity (Wildman–Crippen MR) is 72.9 cm³/mol. The van der Waals surface area contributed by atoms with Gasteiger partial charge in [0.2, 0.25) is 6.79 Å². The lowest BCUT2D eigenvalue weighted by Gasteiger charge is -2.20. The summed E-state index contributed by atoms with van der Waals surface area (Å²) in [5.74, 6) is 1.31. The lowest BCUT2D eigenvalue weighted by atomic mass is 10.0. The maximum atomic E-state index is 11.5. The monoisotopic (exact) mass is 278 g/mol. The van der Waals surface area contributed by atoms with E-state index >= 15 is 0 Å². The van der Waals surface area contributed by atoms with Crippen LogP contribution < -0.4 is 20.1 Å². The van der Waals surface area contributed by atoms with Crippen LogP contribution in [0.1, 0.15) is 6.42 Å². The largest absolute Gasteiger partial charge is 0.468 e. The predicted octanol–water partition coefficient (Wildman–Crippen LogP) is 0.742. The first-order chi connectivity index (χ1) is 9.69. The van der Waals surface area contributed by atoms with Gasteiger partial charge in [0.1, 0.15) is 6.04 Å². The third-order valence-electron chi connectivity index (χ3n) is 3.93. The van der Waals surface area contributed by atoms with E-state index in [1.165, 1.54) is 7.11 Å². The first-order valence-electron chi connectivity index (χ1n) is 6.67. The smallest absolute Gasteiger partial charge is 0.322 e. The van der Waals surface area contributed by atoms with Crippen molar-refractivity contribution in [3.63, 3.8) is 0 Å². The lowest BCUT2D eigenvalue weighted by Crippen LogP contribution is -2.40. The summed E-state index contributed by atoms with van der Waals surface area (Å²) in [4.78, 5) is 13.7. The minimum absolute atomic E-state index is 0.118. The molecular formula is C14H18N2O4. The number of nitrogens with zero attached hydrogens (tertiary/aromatic N) is 1. The quantitative estimate of drug-likeness (QED) is 0.822. The molecule has 0 spiro atoms. The summed E-state index contributed by atoms with van der Waals surface area (Å²) < 4.78 is 15.4. The van der Waals surface area contributed by atoms with Crippen LogP contribution in [-0.2, 0) is 9.53 Å². The van der Waals surface area contributed by atoms with Crippen LogP contribution in [0.15, 0.2) is 18.2 Å². The normalized spacial score (nSPS) is 21.9. The molecule has 0 saturated carbocycles. The Balaban J connectivity index is 1.69. The molecule has 2 N–H and O–H groups in total. The molecule has 0 radical (unpaired) electrons. The molecule has 6 nitrogen and oxygen atoms in total. The topological polar surface area (TPSA) is 74.0 Å². The molecule has 0 amide bonds. The molecule has 20 heavy (non-hydrogen) atoms. The average molecular weight is 278 g/mol. The molecule has 2 atom stereocenters. The van der Waals surface area contributed by atoms with Gasteiger partial charge in [-0.2, -0.15) is 0 Å². The molecule has 1 fully saturated rings. The second-order valence-electron chi connectivity index (χ2n) is 5.08. The standard InChI is InChI=1S/C14H18N2O4/c1-18-14(17)13(15)9-4-5-16(7-9)10-2-3-11-12(6-10)20-8-19-11/h2-3,6,9,13H,4-5,7-8,15H2,1H3. The van der Waals surface area contributed by atoms with E-state index in [9.17, 15) is 4.79 Å². The van der Waals surface area contributed by atoms with Crippen molar-refractivity contribution in [3.05, 3.63) is 18.2 Å². The van der Waals surface area contributed by atoms with E-state index in [0.29, 0.717) is 0 Å². The van der Waals surface area contributed by atoms with E-state index in [1.54, 1.807) is 0 Å². The maximum Gasteiger partial charge on any atom is 0.322 e. The first-order valence-corrected chi connectivity index (χ1v) is 6.67. The Labute approximate surface area is 117 Å². The Hall–Kier alpha value is -1.95. The van der Waals surface area contributed by atoms with Gasteiger partial charge < -0.3 is 24.8 Å². The summed E-state index contributed by atoms with van der Waals surface area (Å²) >= 11 is 0. The van der Waals surface area contributed by atoms with E-state index in [-0.39, 0.29) is 18.7 Å². The fourth-order valence-electron chi connectivity index (χ4n) is 2.73.